The van der Waals surface area contributed by atoms with E-state index in [0.717, 1.165) is 59.3 Å². The highest BCUT2D eigenvalue weighted by Crippen LogP contribution is 2.24. The lowest BCUT2D eigenvalue weighted by atomic mass is 10.0. The maximum absolute atomic E-state index is 13.3. The molecule has 0 unspecified atom stereocenters. The molecule has 0 spiro atoms. The highest BCUT2D eigenvalue weighted by atomic mass is 19.1. The molecule has 6 heteroatoms. The summed E-state index contributed by atoms with van der Waals surface area (Å²) < 4.78 is 13.3. The Morgan fingerprint density at radius 3 is 2.43 bits per heavy atom. The molecule has 0 atom stereocenters. The van der Waals surface area contributed by atoms with Gasteiger partial charge < -0.3 is 4.90 Å². The molecule has 0 bridgehead atoms. The second kappa shape index (κ2) is 9.15. The van der Waals surface area contributed by atoms with Gasteiger partial charge in [0.05, 0.1) is 11.7 Å². The molecule has 0 fully saturated rings. The van der Waals surface area contributed by atoms with Crippen molar-refractivity contribution in [3.63, 3.8) is 0 Å². The lowest BCUT2D eigenvalue weighted by Crippen LogP contribution is -2.31. The predicted molar refractivity (Wildman–Crippen MR) is 118 cm³/mol. The molecule has 2 aromatic heterocycles. The van der Waals surface area contributed by atoms with Gasteiger partial charge >= 0.3 is 0 Å². The SMILES string of the molecule is CN(C)CCN(Cc1ccc(F)cc1)Cc1cncc(-c2ccc3[nH]ncc3c2)c1. The van der Waals surface area contributed by atoms with E-state index in [1.807, 2.05) is 36.8 Å². The first-order chi connectivity index (χ1) is 14.6. The van der Waals surface area contributed by atoms with Gasteiger partial charge in [0.2, 0.25) is 0 Å². The third-order valence-corrected chi connectivity index (χ3v) is 5.16. The molecule has 1 N–H and O–H groups in total. The summed E-state index contributed by atoms with van der Waals surface area (Å²) in [4.78, 5) is 9.03. The number of fused-ring (bicyclic) bond motifs is 1. The molecule has 0 aliphatic heterocycles. The average molecular weight is 404 g/mol. The van der Waals surface area contributed by atoms with Crippen molar-refractivity contribution in [2.24, 2.45) is 0 Å². The van der Waals surface area contributed by atoms with Crippen LogP contribution in [-0.4, -0.2) is 52.2 Å². The Hall–Kier alpha value is -3.09. The summed E-state index contributed by atoms with van der Waals surface area (Å²) in [5.74, 6) is -0.204. The summed E-state index contributed by atoms with van der Waals surface area (Å²) >= 11 is 0. The zero-order valence-corrected chi connectivity index (χ0v) is 17.3. The van der Waals surface area contributed by atoms with Gasteiger partial charge in [0, 0.05) is 49.5 Å². The Morgan fingerprint density at radius 2 is 1.63 bits per heavy atom. The minimum atomic E-state index is -0.204. The number of nitrogens with zero attached hydrogens (tertiary/aromatic N) is 4. The molecule has 5 nitrogen and oxygen atoms in total. The Labute approximate surface area is 176 Å². The van der Waals surface area contributed by atoms with E-state index in [0.29, 0.717) is 0 Å². The lowest BCUT2D eigenvalue weighted by Gasteiger charge is -2.24. The molecule has 2 aromatic carbocycles. The molecule has 0 aliphatic rings. The minimum absolute atomic E-state index is 0.204. The van der Waals surface area contributed by atoms with E-state index in [1.54, 1.807) is 0 Å². The van der Waals surface area contributed by atoms with Gasteiger partial charge in [-0.25, -0.2) is 4.39 Å². The number of aromatic nitrogens is 3. The maximum Gasteiger partial charge on any atom is 0.123 e. The zero-order valence-electron chi connectivity index (χ0n) is 17.3. The first-order valence-corrected chi connectivity index (χ1v) is 10.1. The van der Waals surface area contributed by atoms with Gasteiger partial charge in [-0.1, -0.05) is 18.2 Å². The minimum Gasteiger partial charge on any atom is -0.308 e. The first-order valence-electron chi connectivity index (χ1n) is 10.1. The van der Waals surface area contributed by atoms with Crippen LogP contribution in [0.1, 0.15) is 11.1 Å². The van der Waals surface area contributed by atoms with Crippen LogP contribution in [0.2, 0.25) is 0 Å². The topological polar surface area (TPSA) is 48.0 Å². The normalized spacial score (nSPS) is 11.6. The number of likely N-dealkylation sites (N-methyl/N-ethyl adjacent to an activating group) is 1. The standard InChI is InChI=1S/C24H26FN5/c1-29(2)9-10-30(16-18-3-6-23(25)7-4-18)17-19-11-21(14-26-13-19)20-5-8-24-22(12-20)15-27-28-24/h3-8,11-15H,9-10,16-17H2,1-2H3,(H,27,28). The molecule has 0 saturated heterocycles. The van der Waals surface area contributed by atoms with Crippen LogP contribution in [0.4, 0.5) is 4.39 Å². The molecule has 0 saturated carbocycles. The number of hydrogen-bond acceptors (Lipinski definition) is 4. The van der Waals surface area contributed by atoms with Gasteiger partial charge in [-0.2, -0.15) is 5.10 Å². The highest BCUT2D eigenvalue weighted by Gasteiger charge is 2.10. The first kappa shape index (κ1) is 20.2. The van der Waals surface area contributed by atoms with Crippen molar-refractivity contribution in [3.8, 4) is 11.1 Å². The molecule has 154 valence electrons. The fourth-order valence-electron chi connectivity index (χ4n) is 3.52. The molecule has 0 amide bonds. The van der Waals surface area contributed by atoms with Crippen molar-refractivity contribution < 1.29 is 4.39 Å². The van der Waals surface area contributed by atoms with Crippen molar-refractivity contribution in [3.05, 3.63) is 84.1 Å². The largest absolute Gasteiger partial charge is 0.308 e. The quantitative estimate of drug-likeness (QED) is 0.476. The number of rotatable bonds is 8. The van der Waals surface area contributed by atoms with Crippen molar-refractivity contribution in [1.82, 2.24) is 25.0 Å². The van der Waals surface area contributed by atoms with Gasteiger partial charge in [0.1, 0.15) is 5.82 Å². The van der Waals surface area contributed by atoms with Gasteiger partial charge in [-0.15, -0.1) is 0 Å². The highest BCUT2D eigenvalue weighted by molar-refractivity contribution is 5.83. The summed E-state index contributed by atoms with van der Waals surface area (Å²) in [6.45, 7) is 3.40. The molecule has 0 radical (unpaired) electrons. The van der Waals surface area contributed by atoms with Crippen LogP contribution < -0.4 is 0 Å². The number of benzene rings is 2. The van der Waals surface area contributed by atoms with Crippen LogP contribution in [0.5, 0.6) is 0 Å². The molecule has 4 rings (SSSR count). The number of aromatic amines is 1. The van der Waals surface area contributed by atoms with Crippen LogP contribution in [0.15, 0.2) is 67.1 Å². The number of nitrogens with one attached hydrogen (secondary N) is 1. The van der Waals surface area contributed by atoms with Crippen LogP contribution in [0, 0.1) is 5.82 Å². The van der Waals surface area contributed by atoms with Gasteiger partial charge in [-0.3, -0.25) is 15.0 Å². The van der Waals surface area contributed by atoms with Gasteiger partial charge in [0.15, 0.2) is 0 Å². The summed E-state index contributed by atoms with van der Waals surface area (Å²) in [7, 11) is 4.15. The van der Waals surface area contributed by atoms with E-state index in [9.17, 15) is 4.39 Å². The van der Waals surface area contributed by atoms with Crippen molar-refractivity contribution >= 4 is 10.9 Å². The van der Waals surface area contributed by atoms with E-state index in [2.05, 4.69) is 57.3 Å². The third-order valence-electron chi connectivity index (χ3n) is 5.16. The Morgan fingerprint density at radius 1 is 0.833 bits per heavy atom. The third kappa shape index (κ3) is 5.09. The molecular formula is C24H26FN5. The predicted octanol–water partition coefficient (Wildman–Crippen LogP) is 4.33. The number of halogens is 1. The number of H-pyrrole nitrogens is 1. The number of pyridine rings is 1. The maximum atomic E-state index is 13.3. The van der Waals surface area contributed by atoms with Crippen LogP contribution >= 0.6 is 0 Å². The monoisotopic (exact) mass is 403 g/mol. The van der Waals surface area contributed by atoms with Gasteiger partial charge in [-0.05, 0) is 61.1 Å². The Balaban J connectivity index is 1.54. The van der Waals surface area contributed by atoms with E-state index >= 15 is 0 Å². The fraction of sp³-hybridized carbons (Fsp3) is 0.250. The summed E-state index contributed by atoms with van der Waals surface area (Å²) in [6, 6.07) is 15.2. The summed E-state index contributed by atoms with van der Waals surface area (Å²) in [6.07, 6.45) is 5.66. The van der Waals surface area contributed by atoms with E-state index in [1.165, 1.54) is 12.1 Å². The second-order valence-corrected chi connectivity index (χ2v) is 7.89. The van der Waals surface area contributed by atoms with Crippen LogP contribution in [-0.2, 0) is 13.1 Å². The van der Waals surface area contributed by atoms with Crippen molar-refractivity contribution in [1.29, 1.82) is 0 Å². The van der Waals surface area contributed by atoms with E-state index < -0.39 is 0 Å². The fourth-order valence-corrected chi connectivity index (χ4v) is 3.52. The van der Waals surface area contributed by atoms with Gasteiger partial charge in [0.25, 0.3) is 0 Å². The lowest BCUT2D eigenvalue weighted by molar-refractivity contribution is 0.226. The average Bonchev–Trinajstić information content (AvgIpc) is 3.22. The molecule has 0 aliphatic carbocycles. The van der Waals surface area contributed by atoms with Crippen molar-refractivity contribution in [2.75, 3.05) is 27.2 Å². The second-order valence-electron chi connectivity index (χ2n) is 7.89. The number of hydrogen-bond donors (Lipinski definition) is 1. The summed E-state index contributed by atoms with van der Waals surface area (Å²) in [5.41, 5.74) is 5.49. The smallest absolute Gasteiger partial charge is 0.123 e. The molecule has 4 aromatic rings. The molecule has 2 heterocycles. The van der Waals surface area contributed by atoms with E-state index in [4.69, 9.17) is 0 Å². The Kier molecular flexibility index (Phi) is 6.16. The Bertz CT molecular complexity index is 1100. The molecular weight excluding hydrogens is 377 g/mol. The zero-order chi connectivity index (χ0) is 20.9. The summed E-state index contributed by atoms with van der Waals surface area (Å²) in [5, 5.41) is 8.17. The van der Waals surface area contributed by atoms with E-state index in [-0.39, 0.29) is 5.82 Å². The molecule has 30 heavy (non-hydrogen) atoms. The van der Waals surface area contributed by atoms with Crippen LogP contribution in [0.3, 0.4) is 0 Å². The van der Waals surface area contributed by atoms with Crippen molar-refractivity contribution in [2.45, 2.75) is 13.1 Å². The van der Waals surface area contributed by atoms with Crippen LogP contribution in [0.25, 0.3) is 22.0 Å².